The van der Waals surface area contributed by atoms with E-state index in [0.717, 1.165) is 17.7 Å². The van der Waals surface area contributed by atoms with Crippen LogP contribution in [0.25, 0.3) is 0 Å². The zero-order valence-electron chi connectivity index (χ0n) is 13.9. The van der Waals surface area contributed by atoms with Crippen molar-refractivity contribution < 1.29 is 9.84 Å². The minimum Gasteiger partial charge on any atom is -0.491 e. The molecular weight excluding hydrogens is 274 g/mol. The molecule has 0 amide bonds. The van der Waals surface area contributed by atoms with Gasteiger partial charge in [-0.05, 0) is 44.7 Å². The molecule has 1 aromatic rings. The highest BCUT2D eigenvalue weighted by atomic mass is 16.5. The highest BCUT2D eigenvalue weighted by Gasteiger charge is 2.26. The van der Waals surface area contributed by atoms with Gasteiger partial charge < -0.3 is 9.84 Å². The summed E-state index contributed by atoms with van der Waals surface area (Å²) >= 11 is 0. The molecule has 1 heterocycles. The van der Waals surface area contributed by atoms with Crippen molar-refractivity contribution in [1.29, 1.82) is 0 Å². The monoisotopic (exact) mass is 303 g/mol. The fourth-order valence-corrected chi connectivity index (χ4v) is 3.29. The zero-order chi connectivity index (χ0) is 15.9. The van der Waals surface area contributed by atoms with Crippen molar-refractivity contribution >= 4 is 0 Å². The molecule has 0 spiro atoms. The van der Waals surface area contributed by atoms with Crippen LogP contribution in [0.2, 0.25) is 0 Å². The lowest BCUT2D eigenvalue weighted by atomic mass is 9.97. The van der Waals surface area contributed by atoms with Gasteiger partial charge in [-0.1, -0.05) is 30.7 Å². The van der Waals surface area contributed by atoms with Gasteiger partial charge in [-0.3, -0.25) is 4.90 Å². The molecule has 0 saturated carbocycles. The van der Waals surface area contributed by atoms with Gasteiger partial charge in [-0.2, -0.15) is 0 Å². The molecule has 22 heavy (non-hydrogen) atoms. The topological polar surface area (TPSA) is 32.7 Å². The number of aliphatic hydroxyl groups is 1. The lowest BCUT2D eigenvalue weighted by Gasteiger charge is -2.40. The molecule has 3 heteroatoms. The minimum atomic E-state index is -0.459. The number of piperidine rings is 1. The third kappa shape index (κ3) is 4.59. The van der Waals surface area contributed by atoms with Crippen molar-refractivity contribution in [2.45, 2.75) is 57.7 Å². The summed E-state index contributed by atoms with van der Waals surface area (Å²) in [5, 5.41) is 10.3. The van der Waals surface area contributed by atoms with Gasteiger partial charge in [-0.25, -0.2) is 0 Å². The molecule has 0 unspecified atom stereocenters. The van der Waals surface area contributed by atoms with Crippen LogP contribution in [0.5, 0.6) is 5.75 Å². The molecule has 1 saturated heterocycles. The Hall–Kier alpha value is -1.32. The van der Waals surface area contributed by atoms with Crippen molar-refractivity contribution in [1.82, 2.24) is 4.90 Å². The highest BCUT2D eigenvalue weighted by Crippen LogP contribution is 2.23. The molecule has 3 atom stereocenters. The molecule has 1 aliphatic heterocycles. The van der Waals surface area contributed by atoms with E-state index in [1.165, 1.54) is 19.3 Å². The molecular formula is C19H29NO2. The first-order valence-electron chi connectivity index (χ1n) is 8.37. The van der Waals surface area contributed by atoms with E-state index in [-0.39, 0.29) is 0 Å². The van der Waals surface area contributed by atoms with Gasteiger partial charge in [0, 0.05) is 18.6 Å². The Morgan fingerprint density at radius 3 is 2.68 bits per heavy atom. The van der Waals surface area contributed by atoms with Gasteiger partial charge in [0.1, 0.15) is 18.5 Å². The smallest absolute Gasteiger partial charge is 0.122 e. The molecule has 0 aliphatic carbocycles. The first kappa shape index (κ1) is 17.0. The van der Waals surface area contributed by atoms with Crippen LogP contribution in [-0.4, -0.2) is 41.3 Å². The minimum absolute atomic E-state index is 0.337. The molecule has 0 radical (unpaired) electrons. The molecule has 3 nitrogen and oxygen atoms in total. The van der Waals surface area contributed by atoms with Crippen molar-refractivity contribution in [3.63, 3.8) is 0 Å². The van der Waals surface area contributed by atoms with E-state index in [9.17, 15) is 5.11 Å². The maximum atomic E-state index is 10.3. The number of hydrogen-bond acceptors (Lipinski definition) is 3. The third-order valence-electron chi connectivity index (χ3n) is 4.57. The van der Waals surface area contributed by atoms with Gasteiger partial charge in [-0.15, -0.1) is 6.58 Å². The standard InChI is InChI=1S/C19H29NO2/c1-4-8-17-11-5-6-12-19(17)22-14-18(21)13-20-15(2)9-7-10-16(20)3/h4-6,11-12,15-16,18,21H,1,7-10,13-14H2,2-3H3/t15-,16-,18+/m1/s1. The van der Waals surface area contributed by atoms with Crippen LogP contribution in [0.1, 0.15) is 38.7 Å². The Kier molecular flexibility index (Phi) is 6.47. The summed E-state index contributed by atoms with van der Waals surface area (Å²) in [5.41, 5.74) is 1.12. The van der Waals surface area contributed by atoms with Crippen LogP contribution in [-0.2, 0) is 6.42 Å². The van der Waals surface area contributed by atoms with Gasteiger partial charge in [0.15, 0.2) is 0 Å². The fourth-order valence-electron chi connectivity index (χ4n) is 3.29. The van der Waals surface area contributed by atoms with Crippen LogP contribution in [0.3, 0.4) is 0 Å². The second-order valence-corrected chi connectivity index (χ2v) is 6.39. The summed E-state index contributed by atoms with van der Waals surface area (Å²) in [7, 11) is 0. The Bertz CT molecular complexity index is 464. The van der Waals surface area contributed by atoms with Crippen molar-refractivity contribution in [3.05, 3.63) is 42.5 Å². The number of rotatable bonds is 7. The predicted molar refractivity (Wildman–Crippen MR) is 91.3 cm³/mol. The first-order chi connectivity index (χ1) is 10.6. The number of allylic oxidation sites excluding steroid dienone is 1. The number of β-amino-alcohol motifs (C(OH)–C–C–N with tert-alkyl or cyclic N) is 1. The summed E-state index contributed by atoms with van der Waals surface area (Å²) in [5.74, 6) is 0.848. The number of hydrogen-bond donors (Lipinski definition) is 1. The maximum absolute atomic E-state index is 10.3. The van der Waals surface area contributed by atoms with Gasteiger partial charge in [0.05, 0.1) is 0 Å². The highest BCUT2D eigenvalue weighted by molar-refractivity contribution is 5.34. The van der Waals surface area contributed by atoms with Gasteiger partial charge in [0.2, 0.25) is 0 Å². The van der Waals surface area contributed by atoms with Crippen LogP contribution in [0.4, 0.5) is 0 Å². The summed E-state index contributed by atoms with van der Waals surface area (Å²) < 4.78 is 5.84. The van der Waals surface area contributed by atoms with E-state index in [1.807, 2.05) is 30.3 Å². The average Bonchev–Trinajstić information content (AvgIpc) is 2.50. The average molecular weight is 303 g/mol. The first-order valence-corrected chi connectivity index (χ1v) is 8.37. The number of ether oxygens (including phenoxy) is 1. The van der Waals surface area contributed by atoms with E-state index in [0.29, 0.717) is 25.2 Å². The Labute approximate surface area is 134 Å². The molecule has 1 fully saturated rings. The van der Waals surface area contributed by atoms with Gasteiger partial charge >= 0.3 is 0 Å². The zero-order valence-corrected chi connectivity index (χ0v) is 13.9. The van der Waals surface area contributed by atoms with E-state index in [2.05, 4.69) is 25.3 Å². The molecule has 122 valence electrons. The quantitative estimate of drug-likeness (QED) is 0.784. The summed E-state index contributed by atoms with van der Waals surface area (Å²) in [6.07, 6.45) is 5.93. The van der Waals surface area contributed by atoms with E-state index < -0.39 is 6.10 Å². The maximum Gasteiger partial charge on any atom is 0.122 e. The fraction of sp³-hybridized carbons (Fsp3) is 0.579. The number of likely N-dealkylation sites (tertiary alicyclic amines) is 1. The van der Waals surface area contributed by atoms with Crippen LogP contribution in [0.15, 0.2) is 36.9 Å². The second-order valence-electron chi connectivity index (χ2n) is 6.39. The SMILES string of the molecule is C=CCc1ccccc1OC[C@@H](O)CN1[C@H](C)CCC[C@H]1C. The number of para-hydroxylation sites is 1. The number of benzene rings is 1. The largest absolute Gasteiger partial charge is 0.491 e. The third-order valence-corrected chi connectivity index (χ3v) is 4.57. The van der Waals surface area contributed by atoms with Crippen molar-refractivity contribution in [3.8, 4) is 5.75 Å². The van der Waals surface area contributed by atoms with Gasteiger partial charge in [0.25, 0.3) is 0 Å². The summed E-state index contributed by atoms with van der Waals surface area (Å²) in [4.78, 5) is 2.41. The number of nitrogens with zero attached hydrogens (tertiary/aromatic N) is 1. The van der Waals surface area contributed by atoms with E-state index >= 15 is 0 Å². The van der Waals surface area contributed by atoms with Crippen LogP contribution in [0, 0.1) is 0 Å². The summed E-state index contributed by atoms with van der Waals surface area (Å²) in [6, 6.07) is 9.05. The normalized spacial score (nSPS) is 24.0. The second kappa shape index (κ2) is 8.35. The lowest BCUT2D eigenvalue weighted by molar-refractivity contribution is 0.0207. The molecule has 1 aromatic carbocycles. The molecule has 1 N–H and O–H groups in total. The number of aliphatic hydroxyl groups excluding tert-OH is 1. The van der Waals surface area contributed by atoms with E-state index in [4.69, 9.17) is 4.74 Å². The Morgan fingerprint density at radius 1 is 1.32 bits per heavy atom. The Morgan fingerprint density at radius 2 is 2.00 bits per heavy atom. The Balaban J connectivity index is 1.87. The molecule has 0 aromatic heterocycles. The molecule has 2 rings (SSSR count). The molecule has 0 bridgehead atoms. The molecule has 1 aliphatic rings. The van der Waals surface area contributed by atoms with Crippen LogP contribution < -0.4 is 4.74 Å². The lowest BCUT2D eigenvalue weighted by Crippen LogP contribution is -2.48. The van der Waals surface area contributed by atoms with Crippen LogP contribution >= 0.6 is 0 Å². The van der Waals surface area contributed by atoms with Crippen molar-refractivity contribution in [2.24, 2.45) is 0 Å². The van der Waals surface area contributed by atoms with E-state index in [1.54, 1.807) is 0 Å². The van der Waals surface area contributed by atoms with Crippen molar-refractivity contribution in [2.75, 3.05) is 13.2 Å². The summed E-state index contributed by atoms with van der Waals surface area (Å²) in [6.45, 7) is 9.30. The predicted octanol–water partition coefficient (Wildman–Crippen LogP) is 3.42.